The van der Waals surface area contributed by atoms with Gasteiger partial charge < -0.3 is 9.87 Å². The third kappa shape index (κ3) is 1.67. The van der Waals surface area contributed by atoms with E-state index in [0.717, 1.165) is 23.4 Å². The van der Waals surface area contributed by atoms with Crippen molar-refractivity contribution in [3.05, 3.63) is 23.8 Å². The summed E-state index contributed by atoms with van der Waals surface area (Å²) in [6, 6.07) is 6.21. The molecule has 0 radical (unpaired) electrons. The van der Waals surface area contributed by atoms with Gasteiger partial charge in [-0.15, -0.1) is 0 Å². The number of aryl methyl sites for hydroxylation is 1. The predicted molar refractivity (Wildman–Crippen MR) is 55.3 cm³/mol. The van der Waals surface area contributed by atoms with E-state index in [-0.39, 0.29) is 0 Å². The summed E-state index contributed by atoms with van der Waals surface area (Å²) in [5.41, 5.74) is 2.33. The van der Waals surface area contributed by atoms with Gasteiger partial charge >= 0.3 is 0 Å². The van der Waals surface area contributed by atoms with Crippen molar-refractivity contribution >= 4 is 16.9 Å². The van der Waals surface area contributed by atoms with Crippen molar-refractivity contribution in [2.45, 2.75) is 24.7 Å². The molecule has 0 amide bonds. The Bertz CT molecular complexity index is 314. The van der Waals surface area contributed by atoms with Gasteiger partial charge in [0.2, 0.25) is 0 Å². The molecule has 1 aliphatic rings. The lowest BCUT2D eigenvalue weighted by Gasteiger charge is -2.03. The van der Waals surface area contributed by atoms with Crippen LogP contribution in [0.25, 0.3) is 0 Å². The van der Waals surface area contributed by atoms with E-state index in [1.54, 1.807) is 0 Å². The molecule has 0 spiro atoms. The van der Waals surface area contributed by atoms with E-state index in [2.05, 4.69) is 24.4 Å². The Balaban J connectivity index is 2.31. The summed E-state index contributed by atoms with van der Waals surface area (Å²) in [5.74, 6) is 0.574. The molecule has 1 aromatic carbocycles. The van der Waals surface area contributed by atoms with Crippen LogP contribution in [-0.4, -0.2) is 10.4 Å². The lowest BCUT2D eigenvalue weighted by Crippen LogP contribution is -2.03. The molecule has 70 valence electrons. The van der Waals surface area contributed by atoms with Crippen LogP contribution in [0.3, 0.4) is 0 Å². The van der Waals surface area contributed by atoms with Crippen molar-refractivity contribution in [1.29, 1.82) is 0 Å². The number of anilines is 1. The van der Waals surface area contributed by atoms with Crippen LogP contribution >= 0.6 is 0 Å². The van der Waals surface area contributed by atoms with Crippen molar-refractivity contribution in [3.8, 4) is 0 Å². The molecule has 1 atom stereocenters. The predicted octanol–water partition coefficient (Wildman–Crippen LogP) is 2.13. The van der Waals surface area contributed by atoms with Crippen molar-refractivity contribution in [3.63, 3.8) is 0 Å². The first-order valence-electron chi connectivity index (χ1n) is 4.56. The van der Waals surface area contributed by atoms with E-state index in [4.69, 9.17) is 0 Å². The first kappa shape index (κ1) is 8.91. The Labute approximate surface area is 81.5 Å². The van der Waals surface area contributed by atoms with Crippen LogP contribution in [-0.2, 0) is 17.6 Å². The van der Waals surface area contributed by atoms with Crippen LogP contribution in [0.1, 0.15) is 18.9 Å². The standard InChI is InChI=1S/C10H13NOS/c1-2-3-8-4-5-9-10(6-8)13(12)7-11-9/h4-6,11H,2-3,7H2,1H3. The van der Waals surface area contributed by atoms with E-state index in [9.17, 15) is 4.55 Å². The van der Waals surface area contributed by atoms with Gasteiger partial charge in [-0.05, 0) is 24.1 Å². The second-order valence-corrected chi connectivity index (χ2v) is 4.67. The monoisotopic (exact) mass is 195 g/mol. The fourth-order valence-corrected chi connectivity index (χ4v) is 2.68. The molecule has 0 aromatic heterocycles. The van der Waals surface area contributed by atoms with Crippen LogP contribution in [0.15, 0.2) is 23.1 Å². The zero-order valence-corrected chi connectivity index (χ0v) is 8.49. The van der Waals surface area contributed by atoms with Crippen LogP contribution in [0.4, 0.5) is 5.69 Å². The maximum absolute atomic E-state index is 11.5. The average molecular weight is 195 g/mol. The van der Waals surface area contributed by atoms with Gasteiger partial charge in [0.1, 0.15) is 0 Å². The average Bonchev–Trinajstić information content (AvgIpc) is 2.49. The number of benzene rings is 1. The topological polar surface area (TPSA) is 35.1 Å². The fourth-order valence-electron chi connectivity index (χ4n) is 1.57. The van der Waals surface area contributed by atoms with E-state index >= 15 is 0 Å². The summed E-state index contributed by atoms with van der Waals surface area (Å²) < 4.78 is 11.5. The smallest absolute Gasteiger partial charge is 0.181 e. The second kappa shape index (κ2) is 3.60. The zero-order chi connectivity index (χ0) is 9.26. The highest BCUT2D eigenvalue weighted by Crippen LogP contribution is 2.29. The minimum atomic E-state index is -0.823. The molecule has 1 N–H and O–H groups in total. The minimum absolute atomic E-state index is 0.574. The Hall–Kier alpha value is -0.670. The Morgan fingerprint density at radius 3 is 3.15 bits per heavy atom. The Morgan fingerprint density at radius 2 is 2.38 bits per heavy atom. The largest absolute Gasteiger partial charge is 0.610 e. The van der Waals surface area contributed by atoms with Gasteiger partial charge in [-0.3, -0.25) is 0 Å². The number of hydrogen-bond donors (Lipinski definition) is 1. The molecule has 13 heavy (non-hydrogen) atoms. The molecule has 0 bridgehead atoms. The zero-order valence-electron chi connectivity index (χ0n) is 7.67. The number of nitrogens with one attached hydrogen (secondary N) is 1. The summed E-state index contributed by atoms with van der Waals surface area (Å²) >= 11 is -0.823. The second-order valence-electron chi connectivity index (χ2n) is 3.25. The molecule has 2 rings (SSSR count). The summed E-state index contributed by atoms with van der Waals surface area (Å²) in [6.07, 6.45) is 2.21. The van der Waals surface area contributed by atoms with E-state index in [1.807, 2.05) is 6.07 Å². The van der Waals surface area contributed by atoms with Gasteiger partial charge in [0.25, 0.3) is 0 Å². The third-order valence-corrected chi connectivity index (χ3v) is 3.46. The van der Waals surface area contributed by atoms with E-state index in [0.29, 0.717) is 5.88 Å². The number of fused-ring (bicyclic) bond motifs is 1. The summed E-state index contributed by atoms with van der Waals surface area (Å²) in [6.45, 7) is 2.16. The molecule has 1 aromatic rings. The molecule has 0 saturated carbocycles. The van der Waals surface area contributed by atoms with Gasteiger partial charge in [0.05, 0.1) is 5.69 Å². The first-order chi connectivity index (χ1) is 6.31. The van der Waals surface area contributed by atoms with Crippen LogP contribution in [0, 0.1) is 0 Å². The van der Waals surface area contributed by atoms with Crippen molar-refractivity contribution in [1.82, 2.24) is 0 Å². The summed E-state index contributed by atoms with van der Waals surface area (Å²) in [4.78, 5) is 0.978. The molecule has 0 aliphatic carbocycles. The molecule has 0 fully saturated rings. The first-order valence-corrected chi connectivity index (χ1v) is 5.88. The van der Waals surface area contributed by atoms with E-state index < -0.39 is 11.2 Å². The maximum atomic E-state index is 11.5. The molecule has 1 heterocycles. The Morgan fingerprint density at radius 1 is 1.54 bits per heavy atom. The maximum Gasteiger partial charge on any atom is 0.181 e. The van der Waals surface area contributed by atoms with Gasteiger partial charge in [-0.25, -0.2) is 0 Å². The summed E-state index contributed by atoms with van der Waals surface area (Å²) in [7, 11) is 0. The lowest BCUT2D eigenvalue weighted by molar-refractivity contribution is 0.599. The van der Waals surface area contributed by atoms with Gasteiger partial charge in [0.15, 0.2) is 10.8 Å². The van der Waals surface area contributed by atoms with Crippen molar-refractivity contribution in [2.24, 2.45) is 0 Å². The van der Waals surface area contributed by atoms with E-state index in [1.165, 1.54) is 5.56 Å². The molecular formula is C10H13NOS. The van der Waals surface area contributed by atoms with Crippen LogP contribution in [0.5, 0.6) is 0 Å². The quantitative estimate of drug-likeness (QED) is 0.734. The van der Waals surface area contributed by atoms with Gasteiger partial charge in [-0.2, -0.15) is 0 Å². The highest BCUT2D eigenvalue weighted by molar-refractivity contribution is 7.92. The SMILES string of the molecule is CCCc1ccc2c(c1)[S+]([O-])CN2. The molecular weight excluding hydrogens is 182 g/mol. The van der Waals surface area contributed by atoms with Crippen molar-refractivity contribution < 1.29 is 4.55 Å². The third-order valence-electron chi connectivity index (χ3n) is 2.22. The van der Waals surface area contributed by atoms with Gasteiger partial charge in [-0.1, -0.05) is 19.4 Å². The molecule has 3 heteroatoms. The molecule has 1 unspecified atom stereocenters. The highest BCUT2D eigenvalue weighted by Gasteiger charge is 2.23. The van der Waals surface area contributed by atoms with Crippen molar-refractivity contribution in [2.75, 3.05) is 11.2 Å². The lowest BCUT2D eigenvalue weighted by atomic mass is 10.1. The fraction of sp³-hybridized carbons (Fsp3) is 0.400. The minimum Gasteiger partial charge on any atom is -0.610 e. The van der Waals surface area contributed by atoms with Crippen LogP contribution < -0.4 is 5.32 Å². The van der Waals surface area contributed by atoms with Gasteiger partial charge in [0, 0.05) is 11.2 Å². The van der Waals surface area contributed by atoms with Crippen LogP contribution in [0.2, 0.25) is 0 Å². The highest BCUT2D eigenvalue weighted by atomic mass is 32.2. The number of hydrogen-bond acceptors (Lipinski definition) is 2. The normalized spacial score (nSPS) is 19.7. The molecule has 1 aliphatic heterocycles. The Kier molecular flexibility index (Phi) is 2.47. The number of rotatable bonds is 2. The molecule has 0 saturated heterocycles. The summed E-state index contributed by atoms with van der Waals surface area (Å²) in [5, 5.41) is 3.12. The molecule has 2 nitrogen and oxygen atoms in total.